The largest absolute Gasteiger partial charge is 0.497 e. The number of rotatable bonds is 6. The molecule has 3 atom stereocenters. The first kappa shape index (κ1) is 20.7. The Morgan fingerprint density at radius 1 is 1.27 bits per heavy atom. The summed E-state index contributed by atoms with van der Waals surface area (Å²) in [6.07, 6.45) is 1.70. The Kier molecular flexibility index (Phi) is 6.29. The number of nitrogens with two attached hydrogens (primary N) is 1. The third-order valence-electron chi connectivity index (χ3n) is 6.22. The van der Waals surface area contributed by atoms with Crippen LogP contribution in [0, 0.1) is 5.92 Å². The molecule has 160 valence electrons. The van der Waals surface area contributed by atoms with E-state index in [-0.39, 0.29) is 29.6 Å². The monoisotopic (exact) mass is 429 g/mol. The summed E-state index contributed by atoms with van der Waals surface area (Å²) in [7, 11) is 1.66. The van der Waals surface area contributed by atoms with Gasteiger partial charge in [-0.05, 0) is 48.6 Å². The zero-order valence-corrected chi connectivity index (χ0v) is 17.9. The summed E-state index contributed by atoms with van der Waals surface area (Å²) in [5, 5.41) is 6.26. The quantitative estimate of drug-likeness (QED) is 0.746. The van der Waals surface area contributed by atoms with Crippen molar-refractivity contribution in [3.8, 4) is 5.75 Å². The van der Waals surface area contributed by atoms with Gasteiger partial charge in [-0.3, -0.25) is 14.5 Å². The van der Waals surface area contributed by atoms with E-state index in [1.165, 1.54) is 11.5 Å². The van der Waals surface area contributed by atoms with Crippen molar-refractivity contribution in [2.24, 2.45) is 11.7 Å². The highest BCUT2D eigenvalue weighted by Gasteiger charge is 2.39. The predicted molar refractivity (Wildman–Crippen MR) is 113 cm³/mol. The van der Waals surface area contributed by atoms with Crippen LogP contribution >= 0.6 is 11.5 Å². The van der Waals surface area contributed by atoms with Gasteiger partial charge in [0, 0.05) is 36.9 Å². The van der Waals surface area contributed by atoms with Gasteiger partial charge in [0.05, 0.1) is 25.3 Å². The minimum atomic E-state index is -0.275. The van der Waals surface area contributed by atoms with Gasteiger partial charge in [0.15, 0.2) is 0 Å². The number of primary amides is 1. The molecule has 0 saturated carbocycles. The number of likely N-dealkylation sites (tertiary alicyclic amines) is 2. The number of hydrogen-bond acceptors (Lipinski definition) is 7. The Morgan fingerprint density at radius 2 is 2.10 bits per heavy atom. The van der Waals surface area contributed by atoms with Crippen LogP contribution in [0.25, 0.3) is 0 Å². The molecule has 0 aliphatic carbocycles. The third kappa shape index (κ3) is 4.46. The topological polar surface area (TPSA) is 102 Å². The van der Waals surface area contributed by atoms with Crippen LogP contribution in [0.15, 0.2) is 29.6 Å². The maximum absolute atomic E-state index is 13.1. The molecule has 1 aromatic heterocycles. The van der Waals surface area contributed by atoms with Crippen LogP contribution < -0.4 is 10.5 Å². The molecule has 2 N–H and O–H groups in total. The van der Waals surface area contributed by atoms with Crippen molar-refractivity contribution in [1.82, 2.24) is 19.4 Å². The van der Waals surface area contributed by atoms with Crippen LogP contribution in [-0.4, -0.2) is 71.0 Å². The molecule has 2 saturated heterocycles. The van der Waals surface area contributed by atoms with Crippen molar-refractivity contribution in [2.75, 3.05) is 39.8 Å². The van der Waals surface area contributed by atoms with Gasteiger partial charge in [-0.2, -0.15) is 0 Å². The zero-order valence-electron chi connectivity index (χ0n) is 17.1. The Morgan fingerprint density at radius 3 is 2.83 bits per heavy atom. The molecule has 2 aromatic rings. The molecular weight excluding hydrogens is 402 g/mol. The van der Waals surface area contributed by atoms with E-state index in [1.54, 1.807) is 7.11 Å². The van der Waals surface area contributed by atoms with Crippen LogP contribution in [0.1, 0.15) is 35.9 Å². The van der Waals surface area contributed by atoms with Crippen LogP contribution in [0.2, 0.25) is 0 Å². The summed E-state index contributed by atoms with van der Waals surface area (Å²) in [6.45, 7) is 2.94. The van der Waals surface area contributed by atoms with E-state index in [9.17, 15) is 9.59 Å². The fourth-order valence-corrected chi connectivity index (χ4v) is 5.09. The molecule has 4 rings (SSSR count). The molecule has 0 bridgehead atoms. The van der Waals surface area contributed by atoms with Gasteiger partial charge < -0.3 is 15.4 Å². The van der Waals surface area contributed by atoms with E-state index < -0.39 is 0 Å². The highest BCUT2D eigenvalue weighted by molar-refractivity contribution is 7.03. The fourth-order valence-electron chi connectivity index (χ4n) is 4.57. The lowest BCUT2D eigenvalue weighted by Gasteiger charge is -2.31. The van der Waals surface area contributed by atoms with Gasteiger partial charge >= 0.3 is 0 Å². The minimum Gasteiger partial charge on any atom is -0.497 e. The van der Waals surface area contributed by atoms with Crippen LogP contribution in [0.4, 0.5) is 0 Å². The number of hydrogen-bond donors (Lipinski definition) is 1. The Balaban J connectivity index is 1.49. The molecule has 2 fully saturated rings. The van der Waals surface area contributed by atoms with Gasteiger partial charge in [-0.25, -0.2) is 0 Å². The average molecular weight is 430 g/mol. The number of nitrogens with zero attached hydrogens (tertiary/aromatic N) is 4. The Labute approximate surface area is 180 Å². The molecule has 30 heavy (non-hydrogen) atoms. The maximum atomic E-state index is 13.1. The lowest BCUT2D eigenvalue weighted by Crippen LogP contribution is -2.46. The van der Waals surface area contributed by atoms with E-state index in [4.69, 9.17) is 10.5 Å². The van der Waals surface area contributed by atoms with Gasteiger partial charge in [-0.15, -0.1) is 5.10 Å². The first-order chi connectivity index (χ1) is 14.5. The highest BCUT2D eigenvalue weighted by atomic mass is 32.1. The lowest BCUT2D eigenvalue weighted by atomic mass is 9.87. The molecule has 1 aromatic carbocycles. The number of aromatic nitrogens is 2. The molecule has 0 radical (unpaired) electrons. The summed E-state index contributed by atoms with van der Waals surface area (Å²) in [4.78, 5) is 28.6. The predicted octanol–water partition coefficient (Wildman–Crippen LogP) is 1.45. The molecule has 3 heterocycles. The number of amides is 2. The second kappa shape index (κ2) is 9.09. The van der Waals surface area contributed by atoms with Crippen molar-refractivity contribution in [3.05, 3.63) is 40.9 Å². The van der Waals surface area contributed by atoms with Crippen molar-refractivity contribution in [3.63, 3.8) is 0 Å². The highest BCUT2D eigenvalue weighted by Crippen LogP contribution is 2.40. The Bertz CT molecular complexity index is 891. The summed E-state index contributed by atoms with van der Waals surface area (Å²) < 4.78 is 9.42. The maximum Gasteiger partial charge on any atom is 0.236 e. The normalized spacial score (nSPS) is 24.7. The van der Waals surface area contributed by atoms with Gasteiger partial charge in [0.1, 0.15) is 5.75 Å². The molecule has 0 unspecified atom stereocenters. The van der Waals surface area contributed by atoms with Crippen LogP contribution in [0.3, 0.4) is 0 Å². The summed E-state index contributed by atoms with van der Waals surface area (Å²) in [5.41, 5.74) is 7.54. The zero-order chi connectivity index (χ0) is 21.1. The molecule has 2 amide bonds. The van der Waals surface area contributed by atoms with Crippen molar-refractivity contribution in [2.45, 2.75) is 24.7 Å². The van der Waals surface area contributed by atoms with Gasteiger partial charge in [0.2, 0.25) is 11.8 Å². The first-order valence-electron chi connectivity index (χ1n) is 10.3. The number of carbonyl (C=O) groups is 2. The number of ether oxygens (including phenoxy) is 1. The molecular formula is C21H27N5O3S. The van der Waals surface area contributed by atoms with Gasteiger partial charge in [0.25, 0.3) is 0 Å². The summed E-state index contributed by atoms with van der Waals surface area (Å²) in [6, 6.07) is 8.02. The van der Waals surface area contributed by atoms with E-state index in [0.717, 1.165) is 36.4 Å². The smallest absolute Gasteiger partial charge is 0.236 e. The number of methoxy groups -OCH3 is 1. The standard InChI is InChI=1S/C21H27N5O3S/c1-29-16-6-2-4-14(8-16)17-10-26(11-18(17)19-13-30-24-23-19)20(27)12-25-7-3-5-15(9-25)21(22)28/h2,4,6,8,13,15,17-18H,3,5,7,9-12H2,1H3,(H2,22,28)/t15-,17+,18-/m1/s1. The average Bonchev–Trinajstić information content (AvgIpc) is 3.44. The molecule has 0 spiro atoms. The third-order valence-corrected chi connectivity index (χ3v) is 6.74. The van der Waals surface area contributed by atoms with E-state index in [1.807, 2.05) is 28.5 Å². The Hall–Kier alpha value is -2.52. The number of benzene rings is 1. The van der Waals surface area contributed by atoms with Crippen molar-refractivity contribution >= 4 is 23.3 Å². The summed E-state index contributed by atoms with van der Waals surface area (Å²) >= 11 is 1.33. The number of piperidine rings is 1. The van der Waals surface area contributed by atoms with Crippen LogP contribution in [-0.2, 0) is 9.59 Å². The molecule has 2 aliphatic rings. The summed E-state index contributed by atoms with van der Waals surface area (Å²) in [5.74, 6) is 0.676. The van der Waals surface area contributed by atoms with E-state index >= 15 is 0 Å². The fraction of sp³-hybridized carbons (Fsp3) is 0.524. The number of carbonyl (C=O) groups excluding carboxylic acids is 2. The van der Waals surface area contributed by atoms with Crippen LogP contribution in [0.5, 0.6) is 5.75 Å². The molecule has 2 aliphatic heterocycles. The van der Waals surface area contributed by atoms with Gasteiger partial charge in [-0.1, -0.05) is 16.6 Å². The molecule has 9 heteroatoms. The second-order valence-electron chi connectivity index (χ2n) is 8.09. The van der Waals surface area contributed by atoms with E-state index in [0.29, 0.717) is 26.2 Å². The van der Waals surface area contributed by atoms with Crippen molar-refractivity contribution in [1.29, 1.82) is 0 Å². The SMILES string of the molecule is COc1cccc([C@@H]2CN(C(=O)CN3CCC[C@@H](C(N)=O)C3)C[C@H]2c2csnn2)c1. The minimum absolute atomic E-state index is 0.0821. The van der Waals surface area contributed by atoms with E-state index in [2.05, 4.69) is 20.6 Å². The first-order valence-corrected chi connectivity index (χ1v) is 11.1. The lowest BCUT2D eigenvalue weighted by molar-refractivity contribution is -0.133. The van der Waals surface area contributed by atoms with Crippen molar-refractivity contribution < 1.29 is 14.3 Å². The molecule has 8 nitrogen and oxygen atoms in total. The second-order valence-corrected chi connectivity index (χ2v) is 8.70.